The molecular weight excluding hydrogens is 464 g/mol. The van der Waals surface area contributed by atoms with Crippen LogP contribution in [0.25, 0.3) is 0 Å². The summed E-state index contributed by atoms with van der Waals surface area (Å²) in [5.74, 6) is -0.836. The molecule has 1 aromatic rings. The highest BCUT2D eigenvalue weighted by molar-refractivity contribution is 6.03. The van der Waals surface area contributed by atoms with Crippen molar-refractivity contribution in [2.75, 3.05) is 19.0 Å². The number of carboxylic acids is 1. The van der Waals surface area contributed by atoms with Gasteiger partial charge in [0, 0.05) is 19.8 Å². The highest BCUT2D eigenvalue weighted by Gasteiger charge is 2.64. The molecule has 9 nitrogen and oxygen atoms in total. The Morgan fingerprint density at radius 2 is 1.50 bits per heavy atom. The molecule has 1 N–H and O–H groups in total. The van der Waals surface area contributed by atoms with Crippen molar-refractivity contribution in [2.24, 2.45) is 22.7 Å². The molecule has 3 atom stereocenters. The summed E-state index contributed by atoms with van der Waals surface area (Å²) in [4.78, 5) is 54.1. The van der Waals surface area contributed by atoms with E-state index in [4.69, 9.17) is 9.47 Å². The van der Waals surface area contributed by atoms with Crippen molar-refractivity contribution in [2.45, 2.75) is 71.4 Å². The van der Waals surface area contributed by atoms with Crippen molar-refractivity contribution >= 4 is 29.6 Å². The molecule has 4 bridgehead atoms. The second-order valence-corrected chi connectivity index (χ2v) is 11.4. The number of ether oxygens (including phenoxy) is 2. The maximum absolute atomic E-state index is 14.3. The van der Waals surface area contributed by atoms with Gasteiger partial charge < -0.3 is 19.5 Å². The monoisotopic (exact) mass is 500 g/mol. The Kier molecular flexibility index (Phi) is 6.79. The van der Waals surface area contributed by atoms with Gasteiger partial charge in [-0.2, -0.15) is 0 Å². The van der Waals surface area contributed by atoms with E-state index in [2.05, 4.69) is 0 Å². The summed E-state index contributed by atoms with van der Waals surface area (Å²) in [7, 11) is 3.14. The zero-order valence-corrected chi connectivity index (χ0v) is 21.7. The lowest BCUT2D eigenvalue weighted by Crippen LogP contribution is -2.62. The minimum atomic E-state index is -1.12. The summed E-state index contributed by atoms with van der Waals surface area (Å²) in [6, 6.07) is 5.18. The fraction of sp³-hybridized carbons (Fsp3) is 0.630. The molecular formula is C27H36N2O7. The Balaban J connectivity index is 1.66. The smallest absolute Gasteiger partial charge is 0.414 e. The van der Waals surface area contributed by atoms with E-state index in [0.29, 0.717) is 24.9 Å². The fourth-order valence-electron chi connectivity index (χ4n) is 6.84. The minimum Gasteiger partial charge on any atom is -0.480 e. The number of aliphatic carboxylic acids is 1. The van der Waals surface area contributed by atoms with Gasteiger partial charge in [-0.3, -0.25) is 14.5 Å². The second-order valence-electron chi connectivity index (χ2n) is 11.4. The van der Waals surface area contributed by atoms with Gasteiger partial charge in [-0.1, -0.05) is 0 Å². The van der Waals surface area contributed by atoms with Crippen LogP contribution in [0.3, 0.4) is 0 Å². The highest BCUT2D eigenvalue weighted by atomic mass is 16.6. The molecule has 4 aliphatic rings. The number of esters is 1. The van der Waals surface area contributed by atoms with Crippen LogP contribution in [-0.2, 0) is 19.1 Å². The second kappa shape index (κ2) is 9.41. The van der Waals surface area contributed by atoms with Crippen LogP contribution in [0.5, 0.6) is 5.75 Å². The molecule has 2 unspecified atom stereocenters. The molecule has 4 fully saturated rings. The normalized spacial score (nSPS) is 28.9. The first-order valence-electron chi connectivity index (χ1n) is 12.6. The number of amides is 2. The van der Waals surface area contributed by atoms with Crippen molar-refractivity contribution in [3.63, 3.8) is 0 Å². The molecule has 196 valence electrons. The van der Waals surface area contributed by atoms with E-state index in [1.807, 2.05) is 13.8 Å². The van der Waals surface area contributed by atoms with Crippen LogP contribution < -0.4 is 9.64 Å². The average molecular weight is 501 g/mol. The molecule has 5 rings (SSSR count). The zero-order chi connectivity index (χ0) is 26.4. The lowest BCUT2D eigenvalue weighted by Gasteiger charge is -2.60. The van der Waals surface area contributed by atoms with Gasteiger partial charge in [-0.25, -0.2) is 9.59 Å². The van der Waals surface area contributed by atoms with Gasteiger partial charge in [-0.15, -0.1) is 0 Å². The van der Waals surface area contributed by atoms with E-state index < -0.39 is 28.9 Å². The van der Waals surface area contributed by atoms with Crippen LogP contribution in [0.2, 0.25) is 0 Å². The number of benzene rings is 1. The van der Waals surface area contributed by atoms with Crippen LogP contribution in [0.4, 0.5) is 10.5 Å². The first-order chi connectivity index (χ1) is 16.9. The van der Waals surface area contributed by atoms with E-state index in [1.165, 1.54) is 16.7 Å². The Bertz CT molecular complexity index is 1030. The number of rotatable bonds is 7. The van der Waals surface area contributed by atoms with E-state index in [0.717, 1.165) is 19.3 Å². The number of anilines is 1. The van der Waals surface area contributed by atoms with Crippen LogP contribution in [-0.4, -0.2) is 60.2 Å². The maximum Gasteiger partial charge on any atom is 0.414 e. The van der Waals surface area contributed by atoms with Crippen molar-refractivity contribution in [1.82, 2.24) is 4.90 Å². The molecule has 0 aliphatic heterocycles. The topological polar surface area (TPSA) is 113 Å². The van der Waals surface area contributed by atoms with Crippen LogP contribution in [0, 0.1) is 22.7 Å². The molecule has 0 radical (unpaired) electrons. The van der Waals surface area contributed by atoms with Gasteiger partial charge in [0.1, 0.15) is 11.8 Å². The molecule has 2 amide bonds. The third-order valence-corrected chi connectivity index (χ3v) is 7.94. The summed E-state index contributed by atoms with van der Waals surface area (Å²) in [5, 5.41) is 9.87. The standard InChI is InChI=1S/C27H36N2O7/c1-16(2)35-24(33)27-13-18-10-19(14-27)12-26(11-18,15-27)23(32)29(17(3)22(30)31)20-6-8-21(9-7-20)36-25(34)28(4)5/h6-9,16-19H,10-15H2,1-5H3,(H,30,31)/t17-,18?,19?,26?,27?/m0/s1. The summed E-state index contributed by atoms with van der Waals surface area (Å²) in [5.41, 5.74) is -1.08. The summed E-state index contributed by atoms with van der Waals surface area (Å²) < 4.78 is 10.9. The van der Waals surface area contributed by atoms with Crippen molar-refractivity contribution in [1.29, 1.82) is 0 Å². The number of nitrogens with zero attached hydrogens (tertiary/aromatic N) is 2. The number of carboxylic acid groups (broad SMARTS) is 1. The predicted octanol–water partition coefficient (Wildman–Crippen LogP) is 4.09. The predicted molar refractivity (Wildman–Crippen MR) is 132 cm³/mol. The van der Waals surface area contributed by atoms with E-state index in [9.17, 15) is 24.3 Å². The fourth-order valence-corrected chi connectivity index (χ4v) is 6.84. The first-order valence-corrected chi connectivity index (χ1v) is 12.6. The van der Waals surface area contributed by atoms with Crippen LogP contribution >= 0.6 is 0 Å². The largest absolute Gasteiger partial charge is 0.480 e. The number of hydrogen-bond acceptors (Lipinski definition) is 6. The maximum atomic E-state index is 14.3. The molecule has 0 heterocycles. The Hall–Kier alpha value is -3.10. The Morgan fingerprint density at radius 3 is 2.00 bits per heavy atom. The van der Waals surface area contributed by atoms with Crippen molar-refractivity contribution < 1.29 is 33.8 Å². The molecule has 0 saturated heterocycles. The lowest BCUT2D eigenvalue weighted by atomic mass is 9.43. The average Bonchev–Trinajstić information content (AvgIpc) is 2.78. The molecule has 4 saturated carbocycles. The van der Waals surface area contributed by atoms with Crippen LogP contribution in [0.15, 0.2) is 24.3 Å². The molecule has 0 aromatic heterocycles. The first kappa shape index (κ1) is 26.0. The van der Waals surface area contributed by atoms with E-state index >= 15 is 0 Å². The minimum absolute atomic E-state index is 0.228. The SMILES string of the molecule is CC(C)OC(=O)C12CC3CC(C1)CC(C(=O)N(c1ccc(OC(=O)N(C)C)cc1)[C@@H](C)C(=O)O)(C3)C2. The number of hydrogen-bond donors (Lipinski definition) is 1. The highest BCUT2D eigenvalue weighted by Crippen LogP contribution is 2.66. The molecule has 0 spiro atoms. The van der Waals surface area contributed by atoms with Gasteiger partial charge in [0.15, 0.2) is 0 Å². The molecule has 4 aliphatic carbocycles. The van der Waals surface area contributed by atoms with E-state index in [1.54, 1.807) is 38.4 Å². The summed E-state index contributed by atoms with van der Waals surface area (Å²) in [6.07, 6.45) is 3.36. The van der Waals surface area contributed by atoms with Crippen molar-refractivity contribution in [3.8, 4) is 5.75 Å². The van der Waals surface area contributed by atoms with Gasteiger partial charge in [0.25, 0.3) is 0 Å². The summed E-state index contributed by atoms with van der Waals surface area (Å²) in [6.45, 7) is 5.15. The Labute approximate surface area is 211 Å². The van der Waals surface area contributed by atoms with E-state index in [-0.39, 0.29) is 35.6 Å². The summed E-state index contributed by atoms with van der Waals surface area (Å²) >= 11 is 0. The van der Waals surface area contributed by atoms with Gasteiger partial charge in [-0.05, 0) is 95.4 Å². The van der Waals surface area contributed by atoms with Crippen molar-refractivity contribution in [3.05, 3.63) is 24.3 Å². The third kappa shape index (κ3) is 4.67. The van der Waals surface area contributed by atoms with Gasteiger partial charge >= 0.3 is 18.0 Å². The third-order valence-electron chi connectivity index (χ3n) is 7.94. The zero-order valence-electron chi connectivity index (χ0n) is 21.7. The van der Waals surface area contributed by atoms with Crippen LogP contribution in [0.1, 0.15) is 59.3 Å². The molecule has 1 aromatic carbocycles. The molecule has 9 heteroatoms. The Morgan fingerprint density at radius 1 is 0.944 bits per heavy atom. The number of carbonyl (C=O) groups excluding carboxylic acids is 3. The number of carbonyl (C=O) groups is 4. The van der Waals surface area contributed by atoms with Gasteiger partial charge in [0.2, 0.25) is 5.91 Å². The molecule has 36 heavy (non-hydrogen) atoms. The quantitative estimate of drug-likeness (QED) is 0.561. The van der Waals surface area contributed by atoms with Gasteiger partial charge in [0.05, 0.1) is 16.9 Å². The lowest BCUT2D eigenvalue weighted by molar-refractivity contribution is -0.186.